The summed E-state index contributed by atoms with van der Waals surface area (Å²) in [7, 11) is 1.87. The van der Waals surface area contributed by atoms with Crippen molar-refractivity contribution in [1.82, 2.24) is 9.88 Å². The highest BCUT2D eigenvalue weighted by atomic mass is 79.9. The Balaban J connectivity index is 1.74. The second kappa shape index (κ2) is 11.7. The number of halogens is 1. The second-order valence-electron chi connectivity index (χ2n) is 10.3. The van der Waals surface area contributed by atoms with E-state index in [1.165, 1.54) is 0 Å². The fourth-order valence-corrected chi connectivity index (χ4v) is 6.02. The van der Waals surface area contributed by atoms with E-state index in [9.17, 15) is 15.2 Å². The summed E-state index contributed by atoms with van der Waals surface area (Å²) in [6.07, 6.45) is 9.10. The van der Waals surface area contributed by atoms with Crippen molar-refractivity contribution in [3.63, 3.8) is 0 Å². The number of carbonyl (C=O) groups excluding carboxylic acids is 1. The molecule has 39 heavy (non-hydrogen) atoms. The molecule has 0 aliphatic carbocycles. The van der Waals surface area contributed by atoms with Crippen LogP contribution in [-0.2, 0) is 22.2 Å². The molecular formula is C32H34BrN3O3. The van der Waals surface area contributed by atoms with Crippen LogP contribution in [-0.4, -0.2) is 34.5 Å². The summed E-state index contributed by atoms with van der Waals surface area (Å²) in [5, 5.41) is 21.5. The molecule has 0 saturated carbocycles. The first-order chi connectivity index (χ1) is 18.7. The van der Waals surface area contributed by atoms with Gasteiger partial charge in [0.1, 0.15) is 23.2 Å². The quantitative estimate of drug-likeness (QED) is 0.293. The number of rotatable bonds is 8. The number of aliphatic hydroxyl groups is 1. The van der Waals surface area contributed by atoms with Crippen molar-refractivity contribution in [2.45, 2.75) is 57.0 Å². The smallest absolute Gasteiger partial charge is 0.232 e. The number of nitrogens with zero attached hydrogens (tertiary/aromatic N) is 3. The molecule has 0 radical (unpaired) electrons. The normalized spacial score (nSPS) is 19.1. The SMILES string of the molecule is C=CCc1c(Br)cncc1C(C)(O)c1ccc(C#N)c(Oc2cccc(C3(CC)CCCCN(C)C3=O)c2)c1. The van der Waals surface area contributed by atoms with Gasteiger partial charge in [0.25, 0.3) is 0 Å². The lowest BCUT2D eigenvalue weighted by molar-refractivity contribution is -0.135. The van der Waals surface area contributed by atoms with Crippen LogP contribution in [0.1, 0.15) is 67.3 Å². The maximum Gasteiger partial charge on any atom is 0.232 e. The second-order valence-corrected chi connectivity index (χ2v) is 11.1. The highest BCUT2D eigenvalue weighted by molar-refractivity contribution is 9.10. The predicted molar refractivity (Wildman–Crippen MR) is 156 cm³/mol. The van der Waals surface area contributed by atoms with Gasteiger partial charge in [-0.2, -0.15) is 5.26 Å². The van der Waals surface area contributed by atoms with E-state index in [0.717, 1.165) is 41.4 Å². The largest absolute Gasteiger partial charge is 0.456 e. The molecule has 7 heteroatoms. The van der Waals surface area contributed by atoms with Crippen LogP contribution in [0.5, 0.6) is 11.5 Å². The standard InChI is InChI=1S/C32H34BrN3O3/c1-5-10-26-27(20-35-21-28(26)33)31(3,38)23-14-13-22(19-34)29(18-23)39-25-12-9-11-24(17-25)32(6-2)15-7-8-16-36(4)30(32)37/h5,9,11-14,17-18,20-21,38H,1,6-8,10,15-16H2,2-4H3. The minimum Gasteiger partial charge on any atom is -0.456 e. The van der Waals surface area contributed by atoms with Gasteiger partial charge in [-0.1, -0.05) is 37.6 Å². The first-order valence-electron chi connectivity index (χ1n) is 13.2. The summed E-state index contributed by atoms with van der Waals surface area (Å²) < 4.78 is 7.07. The zero-order valence-corrected chi connectivity index (χ0v) is 24.3. The van der Waals surface area contributed by atoms with Crippen LogP contribution >= 0.6 is 15.9 Å². The average Bonchev–Trinajstić information content (AvgIpc) is 3.08. The highest BCUT2D eigenvalue weighted by Crippen LogP contribution is 2.41. The lowest BCUT2D eigenvalue weighted by atomic mass is 9.73. The van der Waals surface area contributed by atoms with Gasteiger partial charge in [-0.3, -0.25) is 9.78 Å². The van der Waals surface area contributed by atoms with Crippen molar-refractivity contribution in [1.29, 1.82) is 5.26 Å². The maximum atomic E-state index is 13.5. The van der Waals surface area contributed by atoms with Gasteiger partial charge in [-0.25, -0.2) is 0 Å². The van der Waals surface area contributed by atoms with Crippen LogP contribution in [0.2, 0.25) is 0 Å². The van der Waals surface area contributed by atoms with Gasteiger partial charge in [0, 0.05) is 36.0 Å². The lowest BCUT2D eigenvalue weighted by Crippen LogP contribution is -2.43. The van der Waals surface area contributed by atoms with Crippen molar-refractivity contribution >= 4 is 21.8 Å². The predicted octanol–water partition coefficient (Wildman–Crippen LogP) is 6.78. The van der Waals surface area contributed by atoms with Crippen LogP contribution in [0.25, 0.3) is 0 Å². The molecule has 6 nitrogen and oxygen atoms in total. The number of benzene rings is 2. The minimum atomic E-state index is -1.41. The molecule has 1 N–H and O–H groups in total. The molecule has 2 unspecified atom stereocenters. The van der Waals surface area contributed by atoms with E-state index in [4.69, 9.17) is 4.74 Å². The molecule has 0 spiro atoms. The molecule has 1 fully saturated rings. The Morgan fingerprint density at radius 2 is 2.08 bits per heavy atom. The number of amides is 1. The number of pyridine rings is 1. The van der Waals surface area contributed by atoms with Crippen LogP contribution in [0.15, 0.2) is 72.0 Å². The summed E-state index contributed by atoms with van der Waals surface area (Å²) in [6.45, 7) is 8.36. The third-order valence-electron chi connectivity index (χ3n) is 7.86. The molecule has 2 heterocycles. The molecule has 1 amide bonds. The average molecular weight is 589 g/mol. The number of hydrogen-bond acceptors (Lipinski definition) is 5. The molecule has 3 aromatic rings. The molecule has 1 aliphatic rings. The van der Waals surface area contributed by atoms with E-state index in [2.05, 4.69) is 40.5 Å². The van der Waals surface area contributed by atoms with E-state index < -0.39 is 11.0 Å². The van der Waals surface area contributed by atoms with Crippen LogP contribution in [0, 0.1) is 11.3 Å². The van der Waals surface area contributed by atoms with E-state index in [1.54, 1.807) is 43.6 Å². The summed E-state index contributed by atoms with van der Waals surface area (Å²) in [6, 6.07) is 14.9. The first kappa shape index (κ1) is 28.5. The Hall–Kier alpha value is -3.47. The number of aromatic nitrogens is 1. The molecule has 4 rings (SSSR count). The van der Waals surface area contributed by atoms with Crippen molar-refractivity contribution in [2.75, 3.05) is 13.6 Å². The van der Waals surface area contributed by atoms with E-state index >= 15 is 0 Å². The Morgan fingerprint density at radius 1 is 1.28 bits per heavy atom. The molecule has 2 atom stereocenters. The van der Waals surface area contributed by atoms with Gasteiger partial charge in [-0.15, -0.1) is 6.58 Å². The van der Waals surface area contributed by atoms with E-state index in [-0.39, 0.29) is 5.91 Å². The monoisotopic (exact) mass is 587 g/mol. The van der Waals surface area contributed by atoms with Gasteiger partial charge >= 0.3 is 0 Å². The van der Waals surface area contributed by atoms with Gasteiger partial charge in [0.15, 0.2) is 0 Å². The van der Waals surface area contributed by atoms with E-state index in [0.29, 0.717) is 41.0 Å². The van der Waals surface area contributed by atoms with E-state index in [1.807, 2.05) is 36.2 Å². The summed E-state index contributed by atoms with van der Waals surface area (Å²) in [5.41, 5.74) is 1.31. The third-order valence-corrected chi connectivity index (χ3v) is 8.55. The number of carbonyl (C=O) groups is 1. The molecule has 2 aromatic carbocycles. The van der Waals surface area contributed by atoms with Gasteiger partial charge in [-0.05, 0) is 89.5 Å². The Kier molecular flexibility index (Phi) is 8.58. The van der Waals surface area contributed by atoms with Crippen molar-refractivity contribution < 1.29 is 14.6 Å². The minimum absolute atomic E-state index is 0.133. The Bertz CT molecular complexity index is 1430. The Labute approximate surface area is 239 Å². The fraction of sp³-hybridized carbons (Fsp3) is 0.344. The maximum absolute atomic E-state index is 13.5. The zero-order chi connectivity index (χ0) is 28.2. The topological polar surface area (TPSA) is 86.4 Å². The molecular weight excluding hydrogens is 554 g/mol. The summed E-state index contributed by atoms with van der Waals surface area (Å²) in [5.74, 6) is 0.994. The van der Waals surface area contributed by atoms with Gasteiger partial charge < -0.3 is 14.7 Å². The first-order valence-corrected chi connectivity index (χ1v) is 14.0. The molecule has 202 valence electrons. The Morgan fingerprint density at radius 3 is 2.79 bits per heavy atom. The molecule has 1 aliphatic heterocycles. The molecule has 0 bridgehead atoms. The number of likely N-dealkylation sites (tertiary alicyclic amines) is 1. The van der Waals surface area contributed by atoms with Gasteiger partial charge in [0.05, 0.1) is 11.0 Å². The summed E-state index contributed by atoms with van der Waals surface area (Å²) >= 11 is 3.54. The molecule has 1 aromatic heterocycles. The number of nitriles is 1. The summed E-state index contributed by atoms with van der Waals surface area (Å²) in [4.78, 5) is 19.6. The zero-order valence-electron chi connectivity index (χ0n) is 22.7. The van der Waals surface area contributed by atoms with Crippen molar-refractivity contribution in [3.05, 3.63) is 99.8 Å². The van der Waals surface area contributed by atoms with Crippen molar-refractivity contribution in [2.24, 2.45) is 0 Å². The lowest BCUT2D eigenvalue weighted by Gasteiger charge is -2.33. The molecule has 1 saturated heterocycles. The number of hydrogen-bond donors (Lipinski definition) is 1. The fourth-order valence-electron chi connectivity index (χ4n) is 5.52. The third kappa shape index (κ3) is 5.50. The van der Waals surface area contributed by atoms with Crippen LogP contribution in [0.3, 0.4) is 0 Å². The van der Waals surface area contributed by atoms with Crippen LogP contribution in [0.4, 0.5) is 0 Å². The highest BCUT2D eigenvalue weighted by Gasteiger charge is 2.41. The van der Waals surface area contributed by atoms with Crippen LogP contribution < -0.4 is 4.74 Å². The number of allylic oxidation sites excluding steroid dienone is 1. The van der Waals surface area contributed by atoms with Gasteiger partial charge in [0.2, 0.25) is 5.91 Å². The van der Waals surface area contributed by atoms with Crippen molar-refractivity contribution in [3.8, 4) is 17.6 Å². The number of likely N-dealkylation sites (N-methyl/N-ethyl adjacent to an activating group) is 1. The number of ether oxygens (including phenoxy) is 1.